The Hall–Kier alpha value is -0.650. The summed E-state index contributed by atoms with van der Waals surface area (Å²) < 4.78 is 10.2. The molecule has 0 bridgehead atoms. The molecule has 1 N–H and O–H groups in total. The Morgan fingerprint density at radius 2 is 2.25 bits per heavy atom. The summed E-state index contributed by atoms with van der Waals surface area (Å²) in [7, 11) is 3.48. The zero-order chi connectivity index (χ0) is 11.8. The first-order chi connectivity index (χ1) is 7.79. The maximum absolute atomic E-state index is 11.9. The summed E-state index contributed by atoms with van der Waals surface area (Å²) in [4.78, 5) is 13.7. The topological polar surface area (TPSA) is 50.8 Å². The number of piperidine rings is 1. The lowest BCUT2D eigenvalue weighted by Gasteiger charge is -2.31. The van der Waals surface area contributed by atoms with Crippen LogP contribution in [0.4, 0.5) is 0 Å². The predicted molar refractivity (Wildman–Crippen MR) is 61.4 cm³/mol. The highest BCUT2D eigenvalue weighted by Crippen LogP contribution is 2.10. The van der Waals surface area contributed by atoms with Gasteiger partial charge in [-0.25, -0.2) is 0 Å². The monoisotopic (exact) mass is 230 g/mol. The maximum atomic E-state index is 11.9. The zero-order valence-corrected chi connectivity index (χ0v) is 10.2. The summed E-state index contributed by atoms with van der Waals surface area (Å²) >= 11 is 0. The van der Waals surface area contributed by atoms with E-state index in [0.717, 1.165) is 19.4 Å². The number of hydrogen-bond acceptors (Lipinski definition) is 4. The van der Waals surface area contributed by atoms with Crippen molar-refractivity contribution in [2.75, 3.05) is 47.1 Å². The van der Waals surface area contributed by atoms with Gasteiger partial charge in [0.05, 0.1) is 25.9 Å². The molecule has 0 radical (unpaired) electrons. The second-order valence-electron chi connectivity index (χ2n) is 3.91. The van der Waals surface area contributed by atoms with Crippen LogP contribution in [0, 0.1) is 0 Å². The molecule has 1 heterocycles. The van der Waals surface area contributed by atoms with Crippen LogP contribution < -0.4 is 5.32 Å². The summed E-state index contributed by atoms with van der Waals surface area (Å²) in [6, 6.07) is -0.00674. The number of rotatable bonds is 7. The first-order valence-corrected chi connectivity index (χ1v) is 5.82. The van der Waals surface area contributed by atoms with Gasteiger partial charge in [-0.2, -0.15) is 0 Å². The summed E-state index contributed by atoms with van der Waals surface area (Å²) in [6.07, 6.45) is 2.01. The van der Waals surface area contributed by atoms with Crippen LogP contribution in [0.25, 0.3) is 0 Å². The Kier molecular flexibility index (Phi) is 6.37. The van der Waals surface area contributed by atoms with E-state index >= 15 is 0 Å². The van der Waals surface area contributed by atoms with E-state index in [1.165, 1.54) is 0 Å². The summed E-state index contributed by atoms with van der Waals surface area (Å²) in [5.41, 5.74) is 0. The quantitative estimate of drug-likeness (QED) is 0.619. The van der Waals surface area contributed by atoms with Crippen LogP contribution in [-0.4, -0.2) is 63.9 Å². The minimum atomic E-state index is -0.00674. The third kappa shape index (κ3) is 4.08. The minimum Gasteiger partial charge on any atom is -0.382 e. The summed E-state index contributed by atoms with van der Waals surface area (Å²) in [5, 5.41) is 3.04. The Labute approximate surface area is 97.1 Å². The molecule has 1 unspecified atom stereocenters. The predicted octanol–water partition coefficient (Wildman–Crippen LogP) is -0.140. The van der Waals surface area contributed by atoms with Gasteiger partial charge in [0.2, 0.25) is 5.91 Å². The molecule has 5 nitrogen and oxygen atoms in total. The Bertz CT molecular complexity index is 211. The molecule has 0 aliphatic carbocycles. The Balaban J connectivity index is 2.17. The molecule has 1 amide bonds. The van der Waals surface area contributed by atoms with Crippen molar-refractivity contribution >= 4 is 5.91 Å². The van der Waals surface area contributed by atoms with Crippen LogP contribution >= 0.6 is 0 Å². The number of likely N-dealkylation sites (N-methyl/N-ethyl adjacent to an activating group) is 1. The van der Waals surface area contributed by atoms with Crippen molar-refractivity contribution in [2.45, 2.75) is 18.9 Å². The van der Waals surface area contributed by atoms with Gasteiger partial charge in [0.1, 0.15) is 0 Å². The van der Waals surface area contributed by atoms with Crippen molar-refractivity contribution in [1.29, 1.82) is 0 Å². The van der Waals surface area contributed by atoms with Gasteiger partial charge in [0.25, 0.3) is 0 Å². The Morgan fingerprint density at radius 1 is 1.44 bits per heavy atom. The second kappa shape index (κ2) is 7.60. The van der Waals surface area contributed by atoms with Gasteiger partial charge in [0, 0.05) is 20.2 Å². The summed E-state index contributed by atoms with van der Waals surface area (Å²) in [6.45, 7) is 3.32. The van der Waals surface area contributed by atoms with Crippen LogP contribution in [0.3, 0.4) is 0 Å². The highest BCUT2D eigenvalue weighted by molar-refractivity contribution is 5.82. The van der Waals surface area contributed by atoms with Gasteiger partial charge in [-0.15, -0.1) is 0 Å². The molecule has 1 fully saturated rings. The number of nitrogens with zero attached hydrogens (tertiary/aromatic N) is 1. The fourth-order valence-electron chi connectivity index (χ4n) is 1.85. The van der Waals surface area contributed by atoms with Gasteiger partial charge in [-0.05, 0) is 19.9 Å². The molecule has 1 aliphatic rings. The van der Waals surface area contributed by atoms with E-state index in [9.17, 15) is 4.79 Å². The van der Waals surface area contributed by atoms with Crippen molar-refractivity contribution in [1.82, 2.24) is 10.2 Å². The van der Waals surface area contributed by atoms with Crippen molar-refractivity contribution < 1.29 is 14.3 Å². The second-order valence-corrected chi connectivity index (χ2v) is 3.91. The van der Waals surface area contributed by atoms with Crippen LogP contribution in [0.1, 0.15) is 12.8 Å². The smallest absolute Gasteiger partial charge is 0.239 e. The SMILES string of the molecule is CNC1CCCN(CCOCCOC)C1=O. The number of ether oxygens (including phenoxy) is 2. The van der Waals surface area contributed by atoms with E-state index in [1.54, 1.807) is 7.11 Å². The van der Waals surface area contributed by atoms with Crippen molar-refractivity contribution in [3.05, 3.63) is 0 Å². The number of methoxy groups -OCH3 is 1. The zero-order valence-electron chi connectivity index (χ0n) is 10.2. The Morgan fingerprint density at radius 3 is 2.94 bits per heavy atom. The number of hydrogen-bond donors (Lipinski definition) is 1. The molecule has 0 aromatic carbocycles. The van der Waals surface area contributed by atoms with Gasteiger partial charge in [0.15, 0.2) is 0 Å². The lowest BCUT2D eigenvalue weighted by atomic mass is 10.1. The molecule has 0 aromatic rings. The highest BCUT2D eigenvalue weighted by atomic mass is 16.5. The van der Waals surface area contributed by atoms with Gasteiger partial charge in [-0.1, -0.05) is 0 Å². The molecule has 1 rings (SSSR count). The maximum Gasteiger partial charge on any atom is 0.239 e. The number of carbonyl (C=O) groups is 1. The molecule has 0 spiro atoms. The molecular formula is C11H22N2O3. The van der Waals surface area contributed by atoms with Crippen molar-refractivity contribution in [3.8, 4) is 0 Å². The molecule has 0 aromatic heterocycles. The molecule has 16 heavy (non-hydrogen) atoms. The molecule has 5 heteroatoms. The third-order valence-electron chi connectivity index (χ3n) is 2.82. The third-order valence-corrected chi connectivity index (χ3v) is 2.82. The van der Waals surface area contributed by atoms with Crippen LogP contribution in [-0.2, 0) is 14.3 Å². The lowest BCUT2D eigenvalue weighted by Crippen LogP contribution is -2.50. The molecule has 1 atom stereocenters. The van der Waals surface area contributed by atoms with Crippen LogP contribution in [0.15, 0.2) is 0 Å². The van der Waals surface area contributed by atoms with E-state index in [-0.39, 0.29) is 11.9 Å². The number of likely N-dealkylation sites (tertiary alicyclic amines) is 1. The molecule has 1 aliphatic heterocycles. The first-order valence-electron chi connectivity index (χ1n) is 5.82. The van der Waals surface area contributed by atoms with E-state index in [2.05, 4.69) is 5.32 Å². The van der Waals surface area contributed by atoms with E-state index in [1.807, 2.05) is 11.9 Å². The average molecular weight is 230 g/mol. The van der Waals surface area contributed by atoms with Crippen molar-refractivity contribution in [2.24, 2.45) is 0 Å². The minimum absolute atomic E-state index is 0.00674. The van der Waals surface area contributed by atoms with Crippen LogP contribution in [0.5, 0.6) is 0 Å². The van der Waals surface area contributed by atoms with Crippen molar-refractivity contribution in [3.63, 3.8) is 0 Å². The molecular weight excluding hydrogens is 208 g/mol. The number of nitrogens with one attached hydrogen (secondary N) is 1. The van der Waals surface area contributed by atoms with Gasteiger partial charge >= 0.3 is 0 Å². The molecule has 0 saturated carbocycles. The fourth-order valence-corrected chi connectivity index (χ4v) is 1.85. The van der Waals surface area contributed by atoms with E-state index < -0.39 is 0 Å². The standard InChI is InChI=1S/C11H22N2O3/c1-12-10-4-3-5-13(11(10)14)6-7-16-9-8-15-2/h10,12H,3-9H2,1-2H3. The van der Waals surface area contributed by atoms with Gasteiger partial charge < -0.3 is 19.7 Å². The normalized spacial score (nSPS) is 21.5. The fraction of sp³-hybridized carbons (Fsp3) is 0.909. The largest absolute Gasteiger partial charge is 0.382 e. The van der Waals surface area contributed by atoms with E-state index in [4.69, 9.17) is 9.47 Å². The molecule has 94 valence electrons. The molecule has 1 saturated heterocycles. The average Bonchev–Trinajstić information content (AvgIpc) is 2.31. The first kappa shape index (κ1) is 13.4. The summed E-state index contributed by atoms with van der Waals surface area (Å²) in [5.74, 6) is 0.198. The van der Waals surface area contributed by atoms with E-state index in [0.29, 0.717) is 26.4 Å². The van der Waals surface area contributed by atoms with Gasteiger partial charge in [-0.3, -0.25) is 4.79 Å². The highest BCUT2D eigenvalue weighted by Gasteiger charge is 2.26. The number of amides is 1. The lowest BCUT2D eigenvalue weighted by molar-refractivity contribution is -0.136. The van der Waals surface area contributed by atoms with Crippen LogP contribution in [0.2, 0.25) is 0 Å². The number of carbonyl (C=O) groups excluding carboxylic acids is 1.